The fourth-order valence-electron chi connectivity index (χ4n) is 2.88. The van der Waals surface area contributed by atoms with Crippen molar-refractivity contribution < 1.29 is 19.1 Å². The maximum absolute atomic E-state index is 12.4. The SMILES string of the molecule is COC(=O)c1ccc(CNC(=O)[C@H]2CCC(=O)N(CCN(C)C)C2)cc1. The van der Waals surface area contributed by atoms with E-state index in [-0.39, 0.29) is 23.7 Å². The fourth-order valence-corrected chi connectivity index (χ4v) is 2.88. The number of hydrogen-bond acceptors (Lipinski definition) is 5. The maximum Gasteiger partial charge on any atom is 0.337 e. The topological polar surface area (TPSA) is 78.9 Å². The summed E-state index contributed by atoms with van der Waals surface area (Å²) in [4.78, 5) is 39.7. The van der Waals surface area contributed by atoms with Gasteiger partial charge >= 0.3 is 5.97 Å². The first-order valence-corrected chi connectivity index (χ1v) is 8.78. The van der Waals surface area contributed by atoms with Crippen LogP contribution in [0.5, 0.6) is 0 Å². The standard InChI is InChI=1S/C19H27N3O4/c1-21(2)10-11-22-13-16(8-9-17(22)23)18(24)20-12-14-4-6-15(7-5-14)19(25)26-3/h4-7,16H,8-13H2,1-3H3,(H,20,24)/t16-/m0/s1. The highest BCUT2D eigenvalue weighted by atomic mass is 16.5. The molecule has 142 valence electrons. The Labute approximate surface area is 154 Å². The van der Waals surface area contributed by atoms with E-state index in [0.29, 0.717) is 38.0 Å². The number of esters is 1. The first kappa shape index (κ1) is 19.9. The van der Waals surface area contributed by atoms with Gasteiger partial charge in [0.15, 0.2) is 0 Å². The molecule has 0 spiro atoms. The summed E-state index contributed by atoms with van der Waals surface area (Å²) in [5, 5.41) is 2.93. The predicted octanol–water partition coefficient (Wildman–Crippen LogP) is 0.890. The molecule has 1 aliphatic heterocycles. The van der Waals surface area contributed by atoms with Crippen LogP contribution in [0.15, 0.2) is 24.3 Å². The lowest BCUT2D eigenvalue weighted by molar-refractivity contribution is -0.138. The second kappa shape index (κ2) is 9.33. The van der Waals surface area contributed by atoms with Crippen molar-refractivity contribution in [3.63, 3.8) is 0 Å². The van der Waals surface area contributed by atoms with Crippen molar-refractivity contribution in [1.29, 1.82) is 0 Å². The molecule has 0 aromatic heterocycles. The molecule has 1 aromatic carbocycles. The lowest BCUT2D eigenvalue weighted by Crippen LogP contribution is -2.47. The minimum absolute atomic E-state index is 0.0376. The quantitative estimate of drug-likeness (QED) is 0.730. The van der Waals surface area contributed by atoms with Gasteiger partial charge < -0.3 is 19.9 Å². The number of nitrogens with zero attached hydrogens (tertiary/aromatic N) is 2. The van der Waals surface area contributed by atoms with Crippen molar-refractivity contribution in [1.82, 2.24) is 15.1 Å². The van der Waals surface area contributed by atoms with Crippen molar-refractivity contribution in [2.45, 2.75) is 19.4 Å². The van der Waals surface area contributed by atoms with E-state index < -0.39 is 0 Å². The number of likely N-dealkylation sites (tertiary alicyclic amines) is 1. The molecule has 0 aliphatic carbocycles. The van der Waals surface area contributed by atoms with Gasteiger partial charge in [0, 0.05) is 32.6 Å². The molecule has 1 N–H and O–H groups in total. The lowest BCUT2D eigenvalue weighted by atomic mass is 9.96. The number of carbonyl (C=O) groups is 3. The highest BCUT2D eigenvalue weighted by molar-refractivity contribution is 5.89. The number of benzene rings is 1. The van der Waals surface area contributed by atoms with Gasteiger partial charge in [-0.15, -0.1) is 0 Å². The second-order valence-electron chi connectivity index (χ2n) is 6.78. The van der Waals surface area contributed by atoms with Crippen LogP contribution in [-0.4, -0.2) is 68.4 Å². The monoisotopic (exact) mass is 361 g/mol. The van der Waals surface area contributed by atoms with E-state index in [9.17, 15) is 14.4 Å². The van der Waals surface area contributed by atoms with Crippen LogP contribution in [0, 0.1) is 5.92 Å². The number of rotatable bonds is 7. The molecule has 1 aliphatic rings. The number of nitrogens with one attached hydrogen (secondary N) is 1. The average molecular weight is 361 g/mol. The Morgan fingerprint density at radius 1 is 1.27 bits per heavy atom. The second-order valence-corrected chi connectivity index (χ2v) is 6.78. The Balaban J connectivity index is 1.85. The molecule has 0 saturated carbocycles. The van der Waals surface area contributed by atoms with Gasteiger partial charge in [-0.25, -0.2) is 4.79 Å². The summed E-state index contributed by atoms with van der Waals surface area (Å²) < 4.78 is 4.66. The fraction of sp³-hybridized carbons (Fsp3) is 0.526. The van der Waals surface area contributed by atoms with Gasteiger partial charge in [0.05, 0.1) is 18.6 Å². The molecule has 7 nitrogen and oxygen atoms in total. The Hall–Kier alpha value is -2.41. The van der Waals surface area contributed by atoms with Gasteiger partial charge in [-0.05, 0) is 38.2 Å². The molecule has 0 radical (unpaired) electrons. The third-order valence-electron chi connectivity index (χ3n) is 4.53. The molecule has 1 atom stereocenters. The van der Waals surface area contributed by atoms with E-state index in [1.54, 1.807) is 29.2 Å². The number of carbonyl (C=O) groups excluding carboxylic acids is 3. The van der Waals surface area contributed by atoms with Crippen LogP contribution in [-0.2, 0) is 20.9 Å². The largest absolute Gasteiger partial charge is 0.465 e. The molecular weight excluding hydrogens is 334 g/mol. The van der Waals surface area contributed by atoms with Crippen LogP contribution in [0.3, 0.4) is 0 Å². The Bertz CT molecular complexity index is 643. The molecular formula is C19H27N3O4. The molecule has 1 aromatic rings. The van der Waals surface area contributed by atoms with Crippen LogP contribution in [0.2, 0.25) is 0 Å². The van der Waals surface area contributed by atoms with Crippen molar-refractivity contribution in [3.05, 3.63) is 35.4 Å². The number of amides is 2. The summed E-state index contributed by atoms with van der Waals surface area (Å²) in [6.07, 6.45) is 1.00. The van der Waals surface area contributed by atoms with Crippen molar-refractivity contribution in [2.24, 2.45) is 5.92 Å². The molecule has 0 unspecified atom stereocenters. The minimum Gasteiger partial charge on any atom is -0.465 e. The normalized spacial score (nSPS) is 17.3. The highest BCUT2D eigenvalue weighted by Gasteiger charge is 2.29. The Kier molecular flexibility index (Phi) is 7.15. The number of piperidine rings is 1. The summed E-state index contributed by atoms with van der Waals surface area (Å²) in [6, 6.07) is 6.94. The lowest BCUT2D eigenvalue weighted by Gasteiger charge is -2.32. The maximum atomic E-state index is 12.4. The van der Waals surface area contributed by atoms with E-state index in [0.717, 1.165) is 12.1 Å². The first-order valence-electron chi connectivity index (χ1n) is 8.78. The van der Waals surface area contributed by atoms with Gasteiger partial charge in [-0.2, -0.15) is 0 Å². The Morgan fingerprint density at radius 2 is 1.96 bits per heavy atom. The van der Waals surface area contributed by atoms with E-state index in [1.807, 2.05) is 19.0 Å². The van der Waals surface area contributed by atoms with Gasteiger partial charge in [0.25, 0.3) is 0 Å². The summed E-state index contributed by atoms with van der Waals surface area (Å²) in [7, 11) is 5.27. The average Bonchev–Trinajstić information content (AvgIpc) is 2.65. The van der Waals surface area contributed by atoms with Crippen LogP contribution in [0.1, 0.15) is 28.8 Å². The van der Waals surface area contributed by atoms with Crippen LogP contribution in [0.4, 0.5) is 0 Å². The van der Waals surface area contributed by atoms with Crippen molar-refractivity contribution in [2.75, 3.05) is 40.8 Å². The molecule has 0 bridgehead atoms. The van der Waals surface area contributed by atoms with Crippen LogP contribution >= 0.6 is 0 Å². The number of ether oxygens (including phenoxy) is 1. The van der Waals surface area contributed by atoms with Gasteiger partial charge in [-0.1, -0.05) is 12.1 Å². The molecule has 1 saturated heterocycles. The predicted molar refractivity (Wildman–Crippen MR) is 97.5 cm³/mol. The molecule has 2 rings (SSSR count). The number of methoxy groups -OCH3 is 1. The minimum atomic E-state index is -0.384. The molecule has 7 heteroatoms. The third-order valence-corrected chi connectivity index (χ3v) is 4.53. The third kappa shape index (κ3) is 5.56. The van der Waals surface area contributed by atoms with Crippen LogP contribution < -0.4 is 5.32 Å². The highest BCUT2D eigenvalue weighted by Crippen LogP contribution is 2.18. The summed E-state index contributed by atoms with van der Waals surface area (Å²) in [5.74, 6) is -0.479. The number of likely N-dealkylation sites (N-methyl/N-ethyl adjacent to an activating group) is 1. The van der Waals surface area contributed by atoms with Gasteiger partial charge in [0.2, 0.25) is 11.8 Å². The zero-order valence-corrected chi connectivity index (χ0v) is 15.7. The zero-order chi connectivity index (χ0) is 19.1. The Morgan fingerprint density at radius 3 is 2.58 bits per heavy atom. The number of hydrogen-bond donors (Lipinski definition) is 1. The van der Waals surface area contributed by atoms with Crippen LogP contribution in [0.25, 0.3) is 0 Å². The van der Waals surface area contributed by atoms with Crippen molar-refractivity contribution in [3.8, 4) is 0 Å². The summed E-state index contributed by atoms with van der Waals surface area (Å²) in [5.41, 5.74) is 1.38. The summed E-state index contributed by atoms with van der Waals surface area (Å²) >= 11 is 0. The zero-order valence-electron chi connectivity index (χ0n) is 15.7. The van der Waals surface area contributed by atoms with Gasteiger partial charge in [-0.3, -0.25) is 9.59 Å². The van der Waals surface area contributed by atoms with E-state index in [1.165, 1.54) is 7.11 Å². The summed E-state index contributed by atoms with van der Waals surface area (Å²) in [6.45, 7) is 2.29. The van der Waals surface area contributed by atoms with Gasteiger partial charge in [0.1, 0.15) is 0 Å². The van der Waals surface area contributed by atoms with E-state index >= 15 is 0 Å². The molecule has 1 heterocycles. The van der Waals surface area contributed by atoms with Crippen molar-refractivity contribution >= 4 is 17.8 Å². The first-order chi connectivity index (χ1) is 12.4. The smallest absolute Gasteiger partial charge is 0.337 e. The molecule has 2 amide bonds. The van der Waals surface area contributed by atoms with E-state index in [2.05, 4.69) is 10.1 Å². The molecule has 1 fully saturated rings. The molecule has 26 heavy (non-hydrogen) atoms. The van der Waals surface area contributed by atoms with E-state index in [4.69, 9.17) is 0 Å².